The highest BCUT2D eigenvalue weighted by Gasteiger charge is 2.24. The van der Waals surface area contributed by atoms with Crippen LogP contribution >= 0.6 is 12.4 Å². The monoisotopic (exact) mass is 367 g/mol. The molecule has 2 rings (SSSR count). The van der Waals surface area contributed by atoms with Gasteiger partial charge in [0.1, 0.15) is 0 Å². The van der Waals surface area contributed by atoms with Crippen LogP contribution in [0.3, 0.4) is 0 Å². The zero-order valence-electron chi connectivity index (χ0n) is 14.9. The highest BCUT2D eigenvalue weighted by molar-refractivity contribution is 5.99. The predicted octanol–water partition coefficient (Wildman–Crippen LogP) is 2.89. The third-order valence-electron chi connectivity index (χ3n) is 4.71. The van der Waals surface area contributed by atoms with E-state index in [0.29, 0.717) is 30.1 Å². The largest absolute Gasteiger partial charge is 0.352 e. The van der Waals surface area contributed by atoms with Gasteiger partial charge in [-0.2, -0.15) is 0 Å². The maximum absolute atomic E-state index is 12.5. The first kappa shape index (κ1) is 21.5. The quantitative estimate of drug-likeness (QED) is 0.692. The summed E-state index contributed by atoms with van der Waals surface area (Å²) in [5, 5.41) is 5.89. The van der Waals surface area contributed by atoms with Gasteiger partial charge in [-0.15, -0.1) is 12.4 Å². The second kappa shape index (κ2) is 11.1. The molecule has 25 heavy (non-hydrogen) atoms. The number of rotatable bonds is 7. The van der Waals surface area contributed by atoms with E-state index in [1.807, 2.05) is 6.92 Å². The molecule has 140 valence electrons. The van der Waals surface area contributed by atoms with Crippen molar-refractivity contribution in [2.24, 2.45) is 11.7 Å². The van der Waals surface area contributed by atoms with Gasteiger partial charge >= 0.3 is 0 Å². The van der Waals surface area contributed by atoms with Crippen molar-refractivity contribution < 1.29 is 9.59 Å². The van der Waals surface area contributed by atoms with Gasteiger partial charge in [-0.1, -0.05) is 32.3 Å². The maximum atomic E-state index is 12.5. The van der Waals surface area contributed by atoms with Crippen LogP contribution in [0.1, 0.15) is 66.2 Å². The van der Waals surface area contributed by atoms with Gasteiger partial charge in [-0.05, 0) is 43.4 Å². The van der Waals surface area contributed by atoms with Crippen LogP contribution in [0.15, 0.2) is 24.3 Å². The Morgan fingerprint density at radius 1 is 1.16 bits per heavy atom. The fourth-order valence-electron chi connectivity index (χ4n) is 3.30. The number of nitrogens with one attached hydrogen (secondary N) is 2. The van der Waals surface area contributed by atoms with Gasteiger partial charge in [0, 0.05) is 30.3 Å². The minimum absolute atomic E-state index is 0. The van der Waals surface area contributed by atoms with Gasteiger partial charge in [0.05, 0.1) is 0 Å². The molecule has 1 unspecified atom stereocenters. The van der Waals surface area contributed by atoms with Crippen LogP contribution in [-0.2, 0) is 0 Å². The Kier molecular flexibility index (Phi) is 9.53. The first-order valence-electron chi connectivity index (χ1n) is 9.05. The smallest absolute Gasteiger partial charge is 0.251 e. The Balaban J connectivity index is 0.00000312. The fourth-order valence-corrected chi connectivity index (χ4v) is 3.30. The fraction of sp³-hybridized carbons (Fsp3) is 0.579. The molecule has 1 aromatic rings. The molecular weight excluding hydrogens is 338 g/mol. The van der Waals surface area contributed by atoms with Gasteiger partial charge in [0.15, 0.2) is 0 Å². The number of carbonyl (C=O) groups is 2. The van der Waals surface area contributed by atoms with Crippen molar-refractivity contribution in [2.45, 2.75) is 51.5 Å². The molecule has 4 N–H and O–H groups in total. The topological polar surface area (TPSA) is 84.2 Å². The van der Waals surface area contributed by atoms with Crippen LogP contribution in [-0.4, -0.2) is 30.9 Å². The minimum Gasteiger partial charge on any atom is -0.352 e. The summed E-state index contributed by atoms with van der Waals surface area (Å²) in [6, 6.07) is 6.86. The van der Waals surface area contributed by atoms with Gasteiger partial charge in [-0.25, -0.2) is 0 Å². The predicted molar refractivity (Wildman–Crippen MR) is 103 cm³/mol. The van der Waals surface area contributed by atoms with Crippen molar-refractivity contribution >= 4 is 24.2 Å². The highest BCUT2D eigenvalue weighted by atomic mass is 35.5. The molecule has 0 heterocycles. The van der Waals surface area contributed by atoms with Crippen molar-refractivity contribution in [1.82, 2.24) is 10.6 Å². The number of carbonyl (C=O) groups excluding carboxylic acids is 2. The van der Waals surface area contributed by atoms with Crippen LogP contribution in [0.4, 0.5) is 0 Å². The van der Waals surface area contributed by atoms with Crippen LogP contribution in [0.5, 0.6) is 0 Å². The summed E-state index contributed by atoms with van der Waals surface area (Å²) < 4.78 is 0. The molecule has 0 radical (unpaired) electrons. The van der Waals surface area contributed by atoms with Gasteiger partial charge in [-0.3, -0.25) is 9.59 Å². The van der Waals surface area contributed by atoms with Crippen LogP contribution < -0.4 is 16.4 Å². The van der Waals surface area contributed by atoms with E-state index in [2.05, 4.69) is 10.6 Å². The summed E-state index contributed by atoms with van der Waals surface area (Å²) in [7, 11) is 0. The Labute approximate surface area is 156 Å². The van der Waals surface area contributed by atoms with Crippen molar-refractivity contribution in [1.29, 1.82) is 0 Å². The molecule has 1 saturated carbocycles. The van der Waals surface area contributed by atoms with Crippen LogP contribution in [0, 0.1) is 5.92 Å². The zero-order chi connectivity index (χ0) is 17.4. The Hall–Kier alpha value is -1.59. The number of hydrogen-bond acceptors (Lipinski definition) is 3. The van der Waals surface area contributed by atoms with E-state index in [9.17, 15) is 9.59 Å². The molecule has 1 aliphatic rings. The SMILES string of the molecule is CCCNC(=O)c1cccc(C(=O)NC(CN)C2CCCCC2)c1.Cl. The Morgan fingerprint density at radius 2 is 1.80 bits per heavy atom. The lowest BCUT2D eigenvalue weighted by atomic mass is 9.84. The number of amides is 2. The van der Waals surface area contributed by atoms with E-state index in [1.54, 1.807) is 24.3 Å². The lowest BCUT2D eigenvalue weighted by Gasteiger charge is -2.30. The second-order valence-electron chi connectivity index (χ2n) is 6.55. The third kappa shape index (κ3) is 6.33. The normalized spacial score (nSPS) is 15.8. The molecule has 2 amide bonds. The summed E-state index contributed by atoms with van der Waals surface area (Å²) in [5.41, 5.74) is 6.90. The van der Waals surface area contributed by atoms with E-state index >= 15 is 0 Å². The van der Waals surface area contributed by atoms with Crippen molar-refractivity contribution in [3.05, 3.63) is 35.4 Å². The van der Waals surface area contributed by atoms with Crippen LogP contribution in [0.25, 0.3) is 0 Å². The van der Waals surface area contributed by atoms with Crippen LogP contribution in [0.2, 0.25) is 0 Å². The number of halogens is 1. The maximum Gasteiger partial charge on any atom is 0.251 e. The molecule has 1 atom stereocenters. The second-order valence-corrected chi connectivity index (χ2v) is 6.55. The summed E-state index contributed by atoms with van der Waals surface area (Å²) in [6.45, 7) is 3.08. The molecule has 1 aliphatic carbocycles. The summed E-state index contributed by atoms with van der Waals surface area (Å²) >= 11 is 0. The number of hydrogen-bond donors (Lipinski definition) is 3. The molecule has 0 bridgehead atoms. The standard InChI is InChI=1S/C19H29N3O2.ClH/c1-2-11-21-18(23)15-9-6-10-16(12-15)19(24)22-17(13-20)14-7-4-3-5-8-14;/h6,9-10,12,14,17H,2-5,7-8,11,13,20H2,1H3,(H,21,23)(H,22,24);1H. The molecule has 5 nitrogen and oxygen atoms in total. The molecule has 1 fully saturated rings. The molecule has 0 aromatic heterocycles. The zero-order valence-corrected chi connectivity index (χ0v) is 15.7. The number of nitrogens with two attached hydrogens (primary N) is 1. The van der Waals surface area contributed by atoms with E-state index < -0.39 is 0 Å². The van der Waals surface area contributed by atoms with Gasteiger partial charge in [0.2, 0.25) is 0 Å². The molecular formula is C19H30ClN3O2. The molecule has 0 spiro atoms. The summed E-state index contributed by atoms with van der Waals surface area (Å²) in [6.07, 6.45) is 6.83. The lowest BCUT2D eigenvalue weighted by Crippen LogP contribution is -2.46. The Bertz CT molecular complexity index is 559. The first-order valence-corrected chi connectivity index (χ1v) is 9.05. The first-order chi connectivity index (χ1) is 11.7. The van der Waals surface area contributed by atoms with Crippen molar-refractivity contribution in [3.8, 4) is 0 Å². The lowest BCUT2D eigenvalue weighted by molar-refractivity contribution is 0.0915. The average Bonchev–Trinajstić information content (AvgIpc) is 2.64. The van der Waals surface area contributed by atoms with Gasteiger partial charge in [0.25, 0.3) is 11.8 Å². The highest BCUT2D eigenvalue weighted by Crippen LogP contribution is 2.26. The molecule has 1 aromatic carbocycles. The van der Waals surface area contributed by atoms with E-state index in [0.717, 1.165) is 19.3 Å². The molecule has 0 saturated heterocycles. The number of benzene rings is 1. The molecule has 6 heteroatoms. The minimum atomic E-state index is -0.152. The van der Waals surface area contributed by atoms with E-state index in [1.165, 1.54) is 19.3 Å². The molecule has 0 aliphatic heterocycles. The Morgan fingerprint density at radius 3 is 2.40 bits per heavy atom. The summed E-state index contributed by atoms with van der Waals surface area (Å²) in [5.74, 6) is 0.166. The summed E-state index contributed by atoms with van der Waals surface area (Å²) in [4.78, 5) is 24.6. The van der Waals surface area contributed by atoms with Crippen molar-refractivity contribution in [3.63, 3.8) is 0 Å². The van der Waals surface area contributed by atoms with Gasteiger partial charge < -0.3 is 16.4 Å². The van der Waals surface area contributed by atoms with Crippen molar-refractivity contribution in [2.75, 3.05) is 13.1 Å². The average molecular weight is 368 g/mol. The third-order valence-corrected chi connectivity index (χ3v) is 4.71. The van der Waals surface area contributed by atoms with E-state index in [-0.39, 0.29) is 30.3 Å². The van der Waals surface area contributed by atoms with E-state index in [4.69, 9.17) is 5.73 Å².